The zero-order valence-corrected chi connectivity index (χ0v) is 14.1. The largest absolute Gasteiger partial charge is 0.349 e. The first kappa shape index (κ1) is 16.5. The van der Waals surface area contributed by atoms with E-state index in [4.69, 9.17) is 0 Å². The molecule has 0 radical (unpaired) electrons. The molecular weight excluding hydrogens is 306 g/mol. The summed E-state index contributed by atoms with van der Waals surface area (Å²) < 4.78 is 1.84. The van der Waals surface area contributed by atoms with Gasteiger partial charge in [0, 0.05) is 34.8 Å². The van der Waals surface area contributed by atoms with Crippen LogP contribution in [0.1, 0.15) is 39.5 Å². The lowest BCUT2D eigenvalue weighted by Gasteiger charge is -2.37. The highest BCUT2D eigenvalue weighted by molar-refractivity contribution is 5.85. The summed E-state index contributed by atoms with van der Waals surface area (Å²) in [7, 11) is 0. The van der Waals surface area contributed by atoms with Crippen molar-refractivity contribution in [2.75, 3.05) is 0 Å². The second kappa shape index (κ2) is 6.26. The Hall–Kier alpha value is -2.37. The molecule has 1 aliphatic rings. The Balaban J connectivity index is 1.70. The van der Waals surface area contributed by atoms with Crippen LogP contribution < -0.4 is 5.32 Å². The number of carbonyl (C=O) groups is 1. The van der Waals surface area contributed by atoms with Crippen LogP contribution in [0, 0.1) is 16.0 Å². The van der Waals surface area contributed by atoms with E-state index in [1.165, 1.54) is 12.1 Å². The summed E-state index contributed by atoms with van der Waals surface area (Å²) in [5, 5.41) is 14.8. The Kier molecular flexibility index (Phi) is 4.30. The van der Waals surface area contributed by atoms with Crippen molar-refractivity contribution in [2.24, 2.45) is 5.92 Å². The van der Waals surface area contributed by atoms with Gasteiger partial charge in [0.25, 0.3) is 5.69 Å². The van der Waals surface area contributed by atoms with Gasteiger partial charge in [-0.1, -0.05) is 6.92 Å². The quantitative estimate of drug-likeness (QED) is 0.687. The van der Waals surface area contributed by atoms with E-state index < -0.39 is 4.92 Å². The number of nitro groups is 1. The minimum absolute atomic E-state index is 0.0112. The van der Waals surface area contributed by atoms with Crippen LogP contribution >= 0.6 is 0 Å². The van der Waals surface area contributed by atoms with Crippen LogP contribution in [-0.4, -0.2) is 20.9 Å². The van der Waals surface area contributed by atoms with Crippen molar-refractivity contribution in [3.05, 3.63) is 40.6 Å². The normalized spacial score (nSPS) is 24.0. The average Bonchev–Trinajstić information content (AvgIpc) is 2.92. The van der Waals surface area contributed by atoms with Crippen molar-refractivity contribution < 1.29 is 9.72 Å². The van der Waals surface area contributed by atoms with E-state index in [9.17, 15) is 14.9 Å². The summed E-state index contributed by atoms with van der Waals surface area (Å²) in [6.07, 6.45) is 6.12. The number of benzene rings is 1. The molecule has 1 aromatic heterocycles. The van der Waals surface area contributed by atoms with E-state index in [2.05, 4.69) is 19.2 Å². The fraction of sp³-hybridized carbons (Fsp3) is 0.500. The summed E-state index contributed by atoms with van der Waals surface area (Å²) >= 11 is 0. The highest BCUT2D eigenvalue weighted by atomic mass is 16.6. The van der Waals surface area contributed by atoms with Crippen molar-refractivity contribution in [1.29, 1.82) is 0 Å². The molecule has 0 unspecified atom stereocenters. The van der Waals surface area contributed by atoms with E-state index in [0.717, 1.165) is 42.5 Å². The van der Waals surface area contributed by atoms with Gasteiger partial charge in [0.05, 0.1) is 4.92 Å². The van der Waals surface area contributed by atoms with Gasteiger partial charge in [0.1, 0.15) is 6.54 Å². The molecule has 0 aliphatic heterocycles. The van der Waals surface area contributed by atoms with Gasteiger partial charge < -0.3 is 9.88 Å². The second-order valence-corrected chi connectivity index (χ2v) is 7.24. The van der Waals surface area contributed by atoms with Gasteiger partial charge in [-0.05, 0) is 50.7 Å². The van der Waals surface area contributed by atoms with Crippen molar-refractivity contribution in [3.8, 4) is 0 Å². The fourth-order valence-electron chi connectivity index (χ4n) is 3.49. The standard InChI is InChI=1S/C18H23N3O3/c1-13-5-8-18(2,9-6-13)19-17(22)12-20-10-7-14-11-15(21(23)24)3-4-16(14)20/h3-4,7,10-11,13H,5-6,8-9,12H2,1-2H3,(H,19,22). The Morgan fingerprint density at radius 3 is 2.75 bits per heavy atom. The van der Waals surface area contributed by atoms with Gasteiger partial charge in [-0.25, -0.2) is 0 Å². The van der Waals surface area contributed by atoms with Gasteiger partial charge in [0.15, 0.2) is 0 Å². The zero-order chi connectivity index (χ0) is 17.3. The molecule has 0 saturated heterocycles. The predicted octanol–water partition coefficient (Wildman–Crippen LogP) is 3.63. The van der Waals surface area contributed by atoms with E-state index in [1.54, 1.807) is 18.3 Å². The molecular formula is C18H23N3O3. The number of nitro benzene ring substituents is 1. The van der Waals surface area contributed by atoms with E-state index in [-0.39, 0.29) is 23.7 Å². The highest BCUT2D eigenvalue weighted by Gasteiger charge is 2.30. The van der Waals surface area contributed by atoms with Crippen LogP contribution in [0.4, 0.5) is 5.69 Å². The molecule has 0 atom stereocenters. The molecule has 1 saturated carbocycles. The summed E-state index contributed by atoms with van der Waals surface area (Å²) in [6.45, 7) is 4.60. The lowest BCUT2D eigenvalue weighted by molar-refractivity contribution is -0.384. The van der Waals surface area contributed by atoms with Gasteiger partial charge in [-0.3, -0.25) is 14.9 Å². The number of carbonyl (C=O) groups excluding carboxylic acids is 1. The first-order chi connectivity index (χ1) is 11.4. The summed E-state index contributed by atoms with van der Waals surface area (Å²) in [4.78, 5) is 22.9. The highest BCUT2D eigenvalue weighted by Crippen LogP contribution is 2.31. The van der Waals surface area contributed by atoms with Crippen LogP contribution in [0.2, 0.25) is 0 Å². The third-order valence-electron chi connectivity index (χ3n) is 5.10. The Morgan fingerprint density at radius 2 is 2.08 bits per heavy atom. The number of amides is 1. The number of fused-ring (bicyclic) bond motifs is 1. The molecule has 0 bridgehead atoms. The van der Waals surface area contributed by atoms with Gasteiger partial charge >= 0.3 is 0 Å². The van der Waals surface area contributed by atoms with Crippen molar-refractivity contribution in [2.45, 2.75) is 51.6 Å². The van der Waals surface area contributed by atoms with Crippen LogP contribution in [0.5, 0.6) is 0 Å². The summed E-state index contributed by atoms with van der Waals surface area (Å²) in [6, 6.07) is 6.51. The molecule has 128 valence electrons. The Bertz CT molecular complexity index is 773. The summed E-state index contributed by atoms with van der Waals surface area (Å²) in [5.41, 5.74) is 0.775. The molecule has 3 rings (SSSR count). The lowest BCUT2D eigenvalue weighted by Crippen LogP contribution is -2.49. The number of non-ortho nitro benzene ring substituents is 1. The van der Waals surface area contributed by atoms with Gasteiger partial charge in [-0.2, -0.15) is 0 Å². The fourth-order valence-corrected chi connectivity index (χ4v) is 3.49. The maximum absolute atomic E-state index is 12.4. The number of nitrogens with one attached hydrogen (secondary N) is 1. The third kappa shape index (κ3) is 3.42. The first-order valence-electron chi connectivity index (χ1n) is 8.41. The molecule has 6 heteroatoms. The third-order valence-corrected chi connectivity index (χ3v) is 5.10. The minimum atomic E-state index is -0.408. The molecule has 1 heterocycles. The number of hydrogen-bond acceptors (Lipinski definition) is 3. The average molecular weight is 329 g/mol. The second-order valence-electron chi connectivity index (χ2n) is 7.24. The van der Waals surface area contributed by atoms with Crippen molar-refractivity contribution in [3.63, 3.8) is 0 Å². The number of rotatable bonds is 4. The number of nitrogens with zero attached hydrogens (tertiary/aromatic N) is 2. The zero-order valence-electron chi connectivity index (χ0n) is 14.1. The van der Waals surface area contributed by atoms with E-state index in [1.807, 2.05) is 4.57 Å². The number of aromatic nitrogens is 1. The minimum Gasteiger partial charge on any atom is -0.349 e. The summed E-state index contributed by atoms with van der Waals surface area (Å²) in [5.74, 6) is 0.724. The monoisotopic (exact) mass is 329 g/mol. The van der Waals surface area contributed by atoms with Gasteiger partial charge in [0.2, 0.25) is 5.91 Å². The van der Waals surface area contributed by atoms with E-state index >= 15 is 0 Å². The maximum Gasteiger partial charge on any atom is 0.270 e. The van der Waals surface area contributed by atoms with Crippen molar-refractivity contribution >= 4 is 22.5 Å². The molecule has 24 heavy (non-hydrogen) atoms. The van der Waals surface area contributed by atoms with Crippen LogP contribution in [-0.2, 0) is 11.3 Å². The molecule has 1 aromatic carbocycles. The smallest absolute Gasteiger partial charge is 0.270 e. The molecule has 6 nitrogen and oxygen atoms in total. The maximum atomic E-state index is 12.4. The van der Waals surface area contributed by atoms with Crippen molar-refractivity contribution in [1.82, 2.24) is 9.88 Å². The first-order valence-corrected chi connectivity index (χ1v) is 8.41. The number of hydrogen-bond donors (Lipinski definition) is 1. The SMILES string of the molecule is CC1CCC(C)(NC(=O)Cn2ccc3cc([N+](=O)[O-])ccc32)CC1. The van der Waals surface area contributed by atoms with E-state index in [0.29, 0.717) is 0 Å². The molecule has 1 amide bonds. The van der Waals surface area contributed by atoms with Gasteiger partial charge in [-0.15, -0.1) is 0 Å². The van der Waals surface area contributed by atoms with Crippen LogP contribution in [0.3, 0.4) is 0 Å². The van der Waals surface area contributed by atoms with Crippen LogP contribution in [0.25, 0.3) is 10.9 Å². The molecule has 2 aromatic rings. The Labute approximate surface area is 141 Å². The molecule has 1 fully saturated rings. The topological polar surface area (TPSA) is 77.2 Å². The Morgan fingerprint density at radius 1 is 1.38 bits per heavy atom. The molecule has 0 spiro atoms. The molecule has 1 aliphatic carbocycles. The molecule has 1 N–H and O–H groups in total. The predicted molar refractivity (Wildman–Crippen MR) is 92.8 cm³/mol. The van der Waals surface area contributed by atoms with Crippen LogP contribution in [0.15, 0.2) is 30.5 Å². The lowest BCUT2D eigenvalue weighted by atomic mass is 9.78.